The number of hydrogen-bond donors (Lipinski definition) is 2. The molecule has 0 aliphatic heterocycles. The lowest BCUT2D eigenvalue weighted by atomic mass is 10.1. The van der Waals surface area contributed by atoms with Crippen molar-refractivity contribution in [1.82, 2.24) is 14.9 Å². The quantitative estimate of drug-likeness (QED) is 0.766. The molecule has 0 bridgehead atoms. The lowest BCUT2D eigenvalue weighted by Crippen LogP contribution is -2.17. The highest BCUT2D eigenvalue weighted by molar-refractivity contribution is 5.62. The molecule has 1 aromatic carbocycles. The first-order chi connectivity index (χ1) is 11.0. The molecule has 124 valence electrons. The van der Waals surface area contributed by atoms with Gasteiger partial charge in [0.25, 0.3) is 0 Å². The molecule has 2 aromatic rings. The summed E-state index contributed by atoms with van der Waals surface area (Å²) in [5.41, 5.74) is 4.54. The Morgan fingerprint density at radius 2 is 1.87 bits per heavy atom. The van der Waals surface area contributed by atoms with E-state index in [1.165, 1.54) is 11.1 Å². The van der Waals surface area contributed by atoms with Gasteiger partial charge in [-0.15, -0.1) is 0 Å². The maximum absolute atomic E-state index is 4.57. The first-order valence-electron chi connectivity index (χ1n) is 8.03. The van der Waals surface area contributed by atoms with Crippen molar-refractivity contribution >= 4 is 17.5 Å². The van der Waals surface area contributed by atoms with Crippen LogP contribution in [0.3, 0.4) is 0 Å². The molecule has 0 amide bonds. The summed E-state index contributed by atoms with van der Waals surface area (Å²) in [6.45, 7) is 8.13. The molecule has 5 nitrogen and oxygen atoms in total. The van der Waals surface area contributed by atoms with Crippen molar-refractivity contribution in [3.8, 4) is 0 Å². The van der Waals surface area contributed by atoms with Crippen LogP contribution >= 0.6 is 0 Å². The van der Waals surface area contributed by atoms with E-state index < -0.39 is 0 Å². The van der Waals surface area contributed by atoms with Crippen LogP contribution in [0.1, 0.15) is 23.2 Å². The number of rotatable bonds is 7. The first kappa shape index (κ1) is 17.2. The molecule has 0 fully saturated rings. The topological polar surface area (TPSA) is 53.1 Å². The zero-order valence-electron chi connectivity index (χ0n) is 14.8. The number of hydrogen-bond acceptors (Lipinski definition) is 5. The maximum atomic E-state index is 4.57. The van der Waals surface area contributed by atoms with Gasteiger partial charge in [-0.3, -0.25) is 0 Å². The second-order valence-electron chi connectivity index (χ2n) is 6.17. The molecule has 5 heteroatoms. The highest BCUT2D eigenvalue weighted by Crippen LogP contribution is 2.22. The predicted octanol–water partition coefficient (Wildman–Crippen LogP) is 3.51. The second-order valence-corrected chi connectivity index (χ2v) is 6.17. The average Bonchev–Trinajstić information content (AvgIpc) is 2.48. The summed E-state index contributed by atoms with van der Waals surface area (Å²) in [7, 11) is 4.16. The number of aryl methyl sites for hydroxylation is 2. The van der Waals surface area contributed by atoms with Crippen LogP contribution in [-0.4, -0.2) is 42.1 Å². The Balaban J connectivity index is 2.06. The standard InChI is InChI=1S/C18H27N5/c1-13-8-6-9-16(15(13)3)21-17-12-14(2)20-18(22-17)19-10-7-11-23(4)5/h6,8-9,12H,7,10-11H2,1-5H3,(H2,19,20,21,22). The van der Waals surface area contributed by atoms with Crippen molar-refractivity contribution in [2.75, 3.05) is 37.8 Å². The van der Waals surface area contributed by atoms with Gasteiger partial charge in [-0.2, -0.15) is 4.98 Å². The fourth-order valence-corrected chi connectivity index (χ4v) is 2.33. The van der Waals surface area contributed by atoms with Gasteiger partial charge in [-0.05, 0) is 65.0 Å². The summed E-state index contributed by atoms with van der Waals surface area (Å²) >= 11 is 0. The molecule has 0 atom stereocenters. The number of benzene rings is 1. The van der Waals surface area contributed by atoms with Crippen molar-refractivity contribution < 1.29 is 0 Å². The van der Waals surface area contributed by atoms with Gasteiger partial charge in [-0.1, -0.05) is 12.1 Å². The van der Waals surface area contributed by atoms with E-state index in [9.17, 15) is 0 Å². The van der Waals surface area contributed by atoms with Gasteiger partial charge < -0.3 is 15.5 Å². The molecule has 1 aromatic heterocycles. The minimum absolute atomic E-state index is 0.677. The SMILES string of the molecule is Cc1cc(Nc2cccc(C)c2C)nc(NCCCN(C)C)n1. The zero-order valence-corrected chi connectivity index (χ0v) is 14.8. The number of anilines is 3. The lowest BCUT2D eigenvalue weighted by molar-refractivity contribution is 0.405. The summed E-state index contributed by atoms with van der Waals surface area (Å²) in [6, 6.07) is 8.21. The van der Waals surface area contributed by atoms with Crippen molar-refractivity contribution in [3.05, 3.63) is 41.1 Å². The maximum Gasteiger partial charge on any atom is 0.224 e. The van der Waals surface area contributed by atoms with E-state index in [1.807, 2.05) is 13.0 Å². The number of nitrogens with zero attached hydrogens (tertiary/aromatic N) is 3. The zero-order chi connectivity index (χ0) is 16.8. The van der Waals surface area contributed by atoms with Crippen molar-refractivity contribution in [3.63, 3.8) is 0 Å². The molecular formula is C18H27N5. The van der Waals surface area contributed by atoms with Crippen LogP contribution in [0.5, 0.6) is 0 Å². The summed E-state index contributed by atoms with van der Waals surface area (Å²) < 4.78 is 0. The molecule has 23 heavy (non-hydrogen) atoms. The summed E-state index contributed by atoms with van der Waals surface area (Å²) in [5.74, 6) is 1.50. The average molecular weight is 313 g/mol. The Bertz CT molecular complexity index is 652. The molecule has 0 radical (unpaired) electrons. The molecule has 0 spiro atoms. The third-order valence-electron chi connectivity index (χ3n) is 3.79. The molecular weight excluding hydrogens is 286 g/mol. The molecule has 1 heterocycles. The van der Waals surface area contributed by atoms with Gasteiger partial charge in [-0.25, -0.2) is 4.98 Å². The van der Waals surface area contributed by atoms with E-state index in [4.69, 9.17) is 0 Å². The third-order valence-corrected chi connectivity index (χ3v) is 3.79. The van der Waals surface area contributed by atoms with Crippen LogP contribution in [0.15, 0.2) is 24.3 Å². The van der Waals surface area contributed by atoms with Gasteiger partial charge in [0.2, 0.25) is 5.95 Å². The van der Waals surface area contributed by atoms with Crippen LogP contribution in [0, 0.1) is 20.8 Å². The van der Waals surface area contributed by atoms with E-state index >= 15 is 0 Å². The number of aromatic nitrogens is 2. The van der Waals surface area contributed by atoms with Gasteiger partial charge in [0.15, 0.2) is 0 Å². The molecule has 2 N–H and O–H groups in total. The van der Waals surface area contributed by atoms with Crippen LogP contribution in [0.25, 0.3) is 0 Å². The van der Waals surface area contributed by atoms with Crippen LogP contribution in [0.2, 0.25) is 0 Å². The second kappa shape index (κ2) is 7.92. The van der Waals surface area contributed by atoms with E-state index in [2.05, 4.69) is 71.6 Å². The van der Waals surface area contributed by atoms with Crippen LogP contribution in [0.4, 0.5) is 17.5 Å². The van der Waals surface area contributed by atoms with Gasteiger partial charge in [0, 0.05) is 24.0 Å². The van der Waals surface area contributed by atoms with E-state index in [-0.39, 0.29) is 0 Å². The van der Waals surface area contributed by atoms with Crippen molar-refractivity contribution in [1.29, 1.82) is 0 Å². The predicted molar refractivity (Wildman–Crippen MR) is 97.6 cm³/mol. The highest BCUT2D eigenvalue weighted by atomic mass is 15.1. The minimum atomic E-state index is 0.677. The van der Waals surface area contributed by atoms with Gasteiger partial charge >= 0.3 is 0 Å². The Kier molecular flexibility index (Phi) is 5.93. The molecule has 0 unspecified atom stereocenters. The van der Waals surface area contributed by atoms with Gasteiger partial charge in [0.1, 0.15) is 5.82 Å². The molecule has 2 rings (SSSR count). The fourth-order valence-electron chi connectivity index (χ4n) is 2.33. The molecule has 0 saturated carbocycles. The fraction of sp³-hybridized carbons (Fsp3) is 0.444. The van der Waals surface area contributed by atoms with Gasteiger partial charge in [0.05, 0.1) is 0 Å². The molecule has 0 aliphatic carbocycles. The first-order valence-corrected chi connectivity index (χ1v) is 8.03. The largest absolute Gasteiger partial charge is 0.354 e. The van der Waals surface area contributed by atoms with Crippen molar-refractivity contribution in [2.24, 2.45) is 0 Å². The smallest absolute Gasteiger partial charge is 0.224 e. The molecule has 0 saturated heterocycles. The highest BCUT2D eigenvalue weighted by Gasteiger charge is 2.05. The Morgan fingerprint density at radius 1 is 1.09 bits per heavy atom. The summed E-state index contributed by atoms with van der Waals surface area (Å²) in [6.07, 6.45) is 1.06. The Hall–Kier alpha value is -2.14. The minimum Gasteiger partial charge on any atom is -0.354 e. The third kappa shape index (κ3) is 5.21. The molecule has 0 aliphatic rings. The van der Waals surface area contributed by atoms with E-state index in [0.717, 1.165) is 36.7 Å². The van der Waals surface area contributed by atoms with Crippen LogP contribution < -0.4 is 10.6 Å². The van der Waals surface area contributed by atoms with Crippen molar-refractivity contribution in [2.45, 2.75) is 27.2 Å². The Labute approximate surface area is 139 Å². The summed E-state index contributed by atoms with van der Waals surface area (Å²) in [4.78, 5) is 11.2. The van der Waals surface area contributed by atoms with Crippen LogP contribution in [-0.2, 0) is 0 Å². The van der Waals surface area contributed by atoms with E-state index in [1.54, 1.807) is 0 Å². The normalized spacial score (nSPS) is 10.9. The summed E-state index contributed by atoms with van der Waals surface area (Å²) in [5, 5.41) is 6.71. The number of nitrogens with one attached hydrogen (secondary N) is 2. The lowest BCUT2D eigenvalue weighted by Gasteiger charge is -2.13. The van der Waals surface area contributed by atoms with E-state index in [0.29, 0.717) is 5.95 Å². The Morgan fingerprint density at radius 3 is 2.61 bits per heavy atom. The monoisotopic (exact) mass is 313 g/mol.